The molecule has 23 heavy (non-hydrogen) atoms. The Balaban J connectivity index is 2.51. The van der Waals surface area contributed by atoms with Gasteiger partial charge in [-0.05, 0) is 38.9 Å². The second-order valence-corrected chi connectivity index (χ2v) is 7.02. The monoisotopic (exact) mass is 385 g/mol. The van der Waals surface area contributed by atoms with Crippen molar-refractivity contribution < 1.29 is 9.47 Å². The summed E-state index contributed by atoms with van der Waals surface area (Å²) in [5.74, 6) is 1.63. The van der Waals surface area contributed by atoms with E-state index in [-0.39, 0.29) is 6.10 Å². The zero-order chi connectivity index (χ0) is 17.1. The highest BCUT2D eigenvalue weighted by Crippen LogP contribution is 2.36. The Kier molecular flexibility index (Phi) is 10.4. The molecule has 0 fully saturated rings. The standard InChI is InChI=1S/C19H32BrNO2/c1-5-6-7-8-9-10-13-21-14-16-17(20)11-12-18(22-4)19(16)23-15(2)3/h11-12,15,21H,5-10,13-14H2,1-4H3. The van der Waals surface area contributed by atoms with Crippen LogP contribution in [0.25, 0.3) is 0 Å². The van der Waals surface area contributed by atoms with E-state index in [1.807, 2.05) is 26.0 Å². The van der Waals surface area contributed by atoms with Gasteiger partial charge in [0.25, 0.3) is 0 Å². The molecule has 0 unspecified atom stereocenters. The molecule has 0 aliphatic heterocycles. The van der Waals surface area contributed by atoms with Crippen molar-refractivity contribution in [1.82, 2.24) is 5.32 Å². The molecule has 0 aliphatic carbocycles. The fourth-order valence-corrected chi connectivity index (χ4v) is 2.97. The van der Waals surface area contributed by atoms with Gasteiger partial charge in [-0.3, -0.25) is 0 Å². The average Bonchev–Trinajstić information content (AvgIpc) is 2.52. The predicted molar refractivity (Wildman–Crippen MR) is 102 cm³/mol. The van der Waals surface area contributed by atoms with Crippen LogP contribution in [0.5, 0.6) is 11.5 Å². The molecule has 0 amide bonds. The number of unbranched alkanes of at least 4 members (excludes halogenated alkanes) is 5. The van der Waals surface area contributed by atoms with E-state index in [1.165, 1.54) is 38.5 Å². The number of hydrogen-bond donors (Lipinski definition) is 1. The van der Waals surface area contributed by atoms with Crippen LogP contribution in [0.4, 0.5) is 0 Å². The summed E-state index contributed by atoms with van der Waals surface area (Å²) in [5, 5.41) is 3.53. The van der Waals surface area contributed by atoms with Gasteiger partial charge in [0.1, 0.15) is 0 Å². The largest absolute Gasteiger partial charge is 0.493 e. The summed E-state index contributed by atoms with van der Waals surface area (Å²) in [6.45, 7) is 8.15. The van der Waals surface area contributed by atoms with E-state index in [9.17, 15) is 0 Å². The smallest absolute Gasteiger partial charge is 0.167 e. The van der Waals surface area contributed by atoms with Crippen LogP contribution in [0.15, 0.2) is 16.6 Å². The average molecular weight is 386 g/mol. The first-order chi connectivity index (χ1) is 11.1. The zero-order valence-electron chi connectivity index (χ0n) is 15.1. The molecule has 132 valence electrons. The van der Waals surface area contributed by atoms with E-state index in [1.54, 1.807) is 7.11 Å². The molecule has 1 aromatic rings. The number of methoxy groups -OCH3 is 1. The fraction of sp³-hybridized carbons (Fsp3) is 0.684. The molecule has 0 aliphatic rings. The van der Waals surface area contributed by atoms with E-state index < -0.39 is 0 Å². The molecule has 0 saturated heterocycles. The van der Waals surface area contributed by atoms with Crippen LogP contribution in [0.1, 0.15) is 64.9 Å². The Morgan fingerprint density at radius 3 is 2.43 bits per heavy atom. The molecule has 1 N–H and O–H groups in total. The number of ether oxygens (including phenoxy) is 2. The van der Waals surface area contributed by atoms with Crippen LogP contribution in [0.3, 0.4) is 0 Å². The summed E-state index contributed by atoms with van der Waals surface area (Å²) in [4.78, 5) is 0. The van der Waals surface area contributed by atoms with Crippen molar-refractivity contribution in [3.05, 3.63) is 22.2 Å². The molecule has 1 aromatic carbocycles. The fourth-order valence-electron chi connectivity index (χ4n) is 2.52. The first kappa shape index (κ1) is 20.3. The van der Waals surface area contributed by atoms with Gasteiger partial charge in [0, 0.05) is 16.6 Å². The minimum atomic E-state index is 0.121. The number of benzene rings is 1. The summed E-state index contributed by atoms with van der Waals surface area (Å²) in [6, 6.07) is 3.97. The minimum Gasteiger partial charge on any atom is -0.493 e. The summed E-state index contributed by atoms with van der Waals surface area (Å²) in [7, 11) is 1.68. The Hall–Kier alpha value is -0.740. The van der Waals surface area contributed by atoms with Gasteiger partial charge >= 0.3 is 0 Å². The topological polar surface area (TPSA) is 30.5 Å². The quantitative estimate of drug-likeness (QED) is 0.468. The van der Waals surface area contributed by atoms with Crippen LogP contribution in [0.2, 0.25) is 0 Å². The molecule has 0 heterocycles. The number of hydrogen-bond acceptors (Lipinski definition) is 3. The van der Waals surface area contributed by atoms with Gasteiger partial charge in [-0.25, -0.2) is 0 Å². The maximum atomic E-state index is 5.98. The molecule has 0 atom stereocenters. The first-order valence-electron chi connectivity index (χ1n) is 8.82. The van der Waals surface area contributed by atoms with Crippen molar-refractivity contribution in [2.45, 2.75) is 71.9 Å². The summed E-state index contributed by atoms with van der Waals surface area (Å²) in [6.07, 6.45) is 8.04. The predicted octanol–water partition coefficient (Wildman–Crippen LogP) is 5.70. The highest BCUT2D eigenvalue weighted by molar-refractivity contribution is 9.10. The van der Waals surface area contributed by atoms with Crippen LogP contribution in [-0.4, -0.2) is 19.8 Å². The van der Waals surface area contributed by atoms with Crippen molar-refractivity contribution in [2.75, 3.05) is 13.7 Å². The van der Waals surface area contributed by atoms with Crippen molar-refractivity contribution in [2.24, 2.45) is 0 Å². The lowest BCUT2D eigenvalue weighted by Gasteiger charge is -2.19. The van der Waals surface area contributed by atoms with Gasteiger partial charge in [-0.15, -0.1) is 0 Å². The maximum Gasteiger partial charge on any atom is 0.167 e. The van der Waals surface area contributed by atoms with E-state index in [4.69, 9.17) is 9.47 Å². The van der Waals surface area contributed by atoms with Crippen molar-refractivity contribution in [3.63, 3.8) is 0 Å². The molecule has 0 radical (unpaired) electrons. The molecule has 0 bridgehead atoms. The molecule has 3 nitrogen and oxygen atoms in total. The Bertz CT molecular complexity index is 449. The van der Waals surface area contributed by atoms with Crippen LogP contribution in [0, 0.1) is 0 Å². The number of halogens is 1. The van der Waals surface area contributed by atoms with Gasteiger partial charge in [-0.2, -0.15) is 0 Å². The van der Waals surface area contributed by atoms with Crippen LogP contribution in [-0.2, 0) is 6.54 Å². The van der Waals surface area contributed by atoms with Crippen LogP contribution >= 0.6 is 15.9 Å². The van der Waals surface area contributed by atoms with E-state index in [0.29, 0.717) is 0 Å². The normalized spacial score (nSPS) is 11.0. The molecular formula is C19H32BrNO2. The lowest BCUT2D eigenvalue weighted by molar-refractivity contribution is 0.227. The van der Waals surface area contributed by atoms with Crippen molar-refractivity contribution >= 4 is 15.9 Å². The summed E-state index contributed by atoms with van der Waals surface area (Å²) >= 11 is 3.64. The third-order valence-electron chi connectivity index (χ3n) is 3.75. The lowest BCUT2D eigenvalue weighted by Crippen LogP contribution is -2.17. The van der Waals surface area contributed by atoms with E-state index in [0.717, 1.165) is 34.6 Å². The SMILES string of the molecule is CCCCCCCCNCc1c(Br)ccc(OC)c1OC(C)C. The van der Waals surface area contributed by atoms with Gasteiger partial charge in [0.05, 0.1) is 13.2 Å². The van der Waals surface area contributed by atoms with Gasteiger partial charge in [0.15, 0.2) is 11.5 Å². The van der Waals surface area contributed by atoms with Crippen molar-refractivity contribution in [1.29, 1.82) is 0 Å². The first-order valence-corrected chi connectivity index (χ1v) is 9.62. The molecule has 0 spiro atoms. The Labute approximate surface area is 150 Å². The van der Waals surface area contributed by atoms with E-state index >= 15 is 0 Å². The van der Waals surface area contributed by atoms with E-state index in [2.05, 4.69) is 28.2 Å². The summed E-state index contributed by atoms with van der Waals surface area (Å²) < 4.78 is 12.5. The highest BCUT2D eigenvalue weighted by atomic mass is 79.9. The zero-order valence-corrected chi connectivity index (χ0v) is 16.7. The van der Waals surface area contributed by atoms with Gasteiger partial charge in [0.2, 0.25) is 0 Å². The number of rotatable bonds is 12. The Morgan fingerprint density at radius 1 is 1.09 bits per heavy atom. The van der Waals surface area contributed by atoms with Crippen LogP contribution < -0.4 is 14.8 Å². The van der Waals surface area contributed by atoms with Crippen molar-refractivity contribution in [3.8, 4) is 11.5 Å². The molecular weight excluding hydrogens is 354 g/mol. The Morgan fingerprint density at radius 2 is 1.78 bits per heavy atom. The second-order valence-electron chi connectivity index (χ2n) is 6.17. The molecule has 4 heteroatoms. The third kappa shape index (κ3) is 7.58. The molecule has 0 saturated carbocycles. The molecule has 1 rings (SSSR count). The second kappa shape index (κ2) is 11.7. The lowest BCUT2D eigenvalue weighted by atomic mass is 10.1. The van der Waals surface area contributed by atoms with Gasteiger partial charge in [-0.1, -0.05) is 55.0 Å². The van der Waals surface area contributed by atoms with Gasteiger partial charge < -0.3 is 14.8 Å². The minimum absolute atomic E-state index is 0.121. The maximum absolute atomic E-state index is 5.98. The molecule has 0 aromatic heterocycles. The highest BCUT2D eigenvalue weighted by Gasteiger charge is 2.15. The summed E-state index contributed by atoms with van der Waals surface area (Å²) in [5.41, 5.74) is 1.13. The third-order valence-corrected chi connectivity index (χ3v) is 4.49. The number of nitrogens with one attached hydrogen (secondary N) is 1.